The smallest absolute Gasteiger partial charge is 0.241 e. The molecule has 0 bridgehead atoms. The van der Waals surface area contributed by atoms with E-state index in [2.05, 4.69) is 83.0 Å². The largest absolute Gasteiger partial charge is 0.481 e. The monoisotopic (exact) mass is 448 g/mol. The van der Waals surface area contributed by atoms with Crippen molar-refractivity contribution in [2.45, 2.75) is 26.2 Å². The highest BCUT2D eigenvalue weighted by atomic mass is 16.5. The first-order valence-electron chi connectivity index (χ1n) is 11.2. The summed E-state index contributed by atoms with van der Waals surface area (Å²) in [5.74, 6) is 1.35. The third-order valence-electron chi connectivity index (χ3n) is 6.30. The van der Waals surface area contributed by atoms with E-state index < -0.39 is 0 Å². The second-order valence-corrected chi connectivity index (χ2v) is 9.45. The molecule has 34 heavy (non-hydrogen) atoms. The third-order valence-corrected chi connectivity index (χ3v) is 6.30. The minimum Gasteiger partial charge on any atom is -0.481 e. The molecular weight excluding hydrogens is 424 g/mol. The Morgan fingerprint density at radius 3 is 2.35 bits per heavy atom. The zero-order chi connectivity index (χ0) is 23.4. The Hall–Kier alpha value is -4.26. The molecule has 0 radical (unpaired) electrons. The first-order chi connectivity index (χ1) is 16.4. The second-order valence-electron chi connectivity index (χ2n) is 9.45. The van der Waals surface area contributed by atoms with Gasteiger partial charge in [0, 0.05) is 28.9 Å². The zero-order valence-electron chi connectivity index (χ0n) is 19.5. The first-order valence-corrected chi connectivity index (χ1v) is 11.2. The minimum atomic E-state index is 0.0827. The number of benzene rings is 2. The van der Waals surface area contributed by atoms with E-state index in [0.717, 1.165) is 44.5 Å². The molecule has 0 saturated carbocycles. The average molecular weight is 449 g/mol. The molecule has 6 rings (SSSR count). The van der Waals surface area contributed by atoms with Crippen LogP contribution in [0.4, 0.5) is 0 Å². The molecule has 2 aromatic carbocycles. The average Bonchev–Trinajstić information content (AvgIpc) is 3.44. The van der Waals surface area contributed by atoms with Crippen molar-refractivity contribution in [3.63, 3.8) is 0 Å². The summed E-state index contributed by atoms with van der Waals surface area (Å²) in [7, 11) is 1.62. The van der Waals surface area contributed by atoms with Gasteiger partial charge in [0.2, 0.25) is 11.7 Å². The van der Waals surface area contributed by atoms with Crippen LogP contribution in [-0.4, -0.2) is 36.2 Å². The standard InChI is InChI=1S/C27H24N6O/c1-27(2,3)19-7-9-20(10-8-19)33-25-21-13-17(18-6-12-24(34-4)29-14-18)5-11-22(21)28-15-23(25)32-16-30-31-26(32)33/h5-16H,1-4H3. The van der Waals surface area contributed by atoms with E-state index >= 15 is 0 Å². The number of imidazole rings is 1. The fourth-order valence-electron chi connectivity index (χ4n) is 4.44. The highest BCUT2D eigenvalue weighted by molar-refractivity contribution is 6.06. The lowest BCUT2D eigenvalue weighted by molar-refractivity contribution is 0.398. The number of hydrogen-bond donors (Lipinski definition) is 0. The molecule has 0 aliphatic heterocycles. The van der Waals surface area contributed by atoms with Crippen molar-refractivity contribution in [3.05, 3.63) is 78.9 Å². The number of methoxy groups -OCH3 is 1. The van der Waals surface area contributed by atoms with Gasteiger partial charge in [0.1, 0.15) is 6.33 Å². The molecule has 0 amide bonds. The van der Waals surface area contributed by atoms with Crippen LogP contribution in [-0.2, 0) is 5.41 Å². The molecule has 0 spiro atoms. The van der Waals surface area contributed by atoms with Gasteiger partial charge >= 0.3 is 0 Å². The molecule has 7 heteroatoms. The van der Waals surface area contributed by atoms with Crippen LogP contribution in [0.3, 0.4) is 0 Å². The normalized spacial score (nSPS) is 12.1. The van der Waals surface area contributed by atoms with Crippen molar-refractivity contribution >= 4 is 27.7 Å². The fourth-order valence-corrected chi connectivity index (χ4v) is 4.44. The predicted molar refractivity (Wildman–Crippen MR) is 134 cm³/mol. The van der Waals surface area contributed by atoms with Gasteiger partial charge in [-0.15, -0.1) is 10.2 Å². The molecule has 0 N–H and O–H groups in total. The summed E-state index contributed by atoms with van der Waals surface area (Å²) in [6, 6.07) is 18.9. The van der Waals surface area contributed by atoms with E-state index in [1.807, 2.05) is 28.9 Å². The number of nitrogens with zero attached hydrogens (tertiary/aromatic N) is 6. The Kier molecular flexibility index (Phi) is 4.42. The first kappa shape index (κ1) is 20.4. The van der Waals surface area contributed by atoms with E-state index in [1.165, 1.54) is 5.56 Å². The van der Waals surface area contributed by atoms with E-state index in [-0.39, 0.29) is 5.41 Å². The molecule has 7 nitrogen and oxygen atoms in total. The topological polar surface area (TPSA) is 70.1 Å². The van der Waals surface area contributed by atoms with Crippen molar-refractivity contribution < 1.29 is 4.74 Å². The molecule has 0 unspecified atom stereocenters. The van der Waals surface area contributed by atoms with Crippen LogP contribution in [0.15, 0.2) is 73.3 Å². The maximum absolute atomic E-state index is 5.21. The van der Waals surface area contributed by atoms with Gasteiger partial charge < -0.3 is 4.74 Å². The van der Waals surface area contributed by atoms with Gasteiger partial charge in [-0.25, -0.2) is 4.98 Å². The summed E-state index contributed by atoms with van der Waals surface area (Å²) in [4.78, 5) is 9.10. The Bertz CT molecular complexity index is 1650. The molecule has 4 heterocycles. The summed E-state index contributed by atoms with van der Waals surface area (Å²) in [5, 5.41) is 9.63. The lowest BCUT2D eigenvalue weighted by atomic mass is 9.87. The molecule has 0 atom stereocenters. The van der Waals surface area contributed by atoms with Crippen LogP contribution in [0.5, 0.6) is 5.88 Å². The summed E-state index contributed by atoms with van der Waals surface area (Å²) in [6.45, 7) is 6.66. The highest BCUT2D eigenvalue weighted by Crippen LogP contribution is 2.33. The van der Waals surface area contributed by atoms with E-state index in [0.29, 0.717) is 5.88 Å². The van der Waals surface area contributed by atoms with Gasteiger partial charge in [0.15, 0.2) is 0 Å². The Balaban J connectivity index is 1.62. The lowest BCUT2D eigenvalue weighted by Gasteiger charge is -2.19. The Labute approximate surface area is 196 Å². The quantitative estimate of drug-likeness (QED) is 0.353. The Morgan fingerprint density at radius 2 is 1.65 bits per heavy atom. The van der Waals surface area contributed by atoms with Gasteiger partial charge in [0.05, 0.1) is 29.9 Å². The third kappa shape index (κ3) is 3.12. The van der Waals surface area contributed by atoms with Crippen LogP contribution < -0.4 is 4.74 Å². The number of aromatic nitrogens is 6. The number of fused-ring (bicyclic) bond motifs is 5. The van der Waals surface area contributed by atoms with Crippen LogP contribution >= 0.6 is 0 Å². The van der Waals surface area contributed by atoms with E-state index in [9.17, 15) is 0 Å². The summed E-state index contributed by atoms with van der Waals surface area (Å²) in [6.07, 6.45) is 5.46. The number of ether oxygens (including phenoxy) is 1. The van der Waals surface area contributed by atoms with E-state index in [1.54, 1.807) is 13.4 Å². The van der Waals surface area contributed by atoms with Gasteiger partial charge in [-0.1, -0.05) is 39.0 Å². The van der Waals surface area contributed by atoms with Crippen molar-refractivity contribution in [1.82, 2.24) is 29.1 Å². The van der Waals surface area contributed by atoms with Crippen molar-refractivity contribution in [3.8, 4) is 22.7 Å². The Morgan fingerprint density at radius 1 is 0.853 bits per heavy atom. The molecule has 168 valence electrons. The lowest BCUT2D eigenvalue weighted by Crippen LogP contribution is -2.10. The molecule has 0 aliphatic carbocycles. The van der Waals surface area contributed by atoms with Gasteiger partial charge in [-0.2, -0.15) is 0 Å². The van der Waals surface area contributed by atoms with Crippen LogP contribution in [0.2, 0.25) is 0 Å². The molecule has 0 saturated heterocycles. The van der Waals surface area contributed by atoms with Gasteiger partial charge in [0.25, 0.3) is 0 Å². The number of hydrogen-bond acceptors (Lipinski definition) is 5. The van der Waals surface area contributed by atoms with Crippen LogP contribution in [0.1, 0.15) is 26.3 Å². The minimum absolute atomic E-state index is 0.0827. The van der Waals surface area contributed by atoms with Gasteiger partial charge in [-0.05, 0) is 46.9 Å². The molecule has 4 aromatic heterocycles. The molecule has 0 aliphatic rings. The maximum atomic E-state index is 5.21. The molecular formula is C27H24N6O. The second kappa shape index (κ2) is 7.38. The highest BCUT2D eigenvalue weighted by Gasteiger charge is 2.19. The van der Waals surface area contributed by atoms with E-state index in [4.69, 9.17) is 9.72 Å². The fraction of sp³-hybridized carbons (Fsp3) is 0.185. The maximum Gasteiger partial charge on any atom is 0.241 e. The number of pyridine rings is 2. The van der Waals surface area contributed by atoms with Crippen LogP contribution in [0, 0.1) is 0 Å². The SMILES string of the molecule is COc1ccc(-c2ccc3ncc4c(c3c2)n(-c2ccc(C(C)(C)C)cc2)c2nncn42)cn1. The summed E-state index contributed by atoms with van der Waals surface area (Å²) >= 11 is 0. The zero-order valence-corrected chi connectivity index (χ0v) is 19.5. The summed E-state index contributed by atoms with van der Waals surface area (Å²) < 4.78 is 9.36. The predicted octanol–water partition coefficient (Wildman–Crippen LogP) is 5.59. The molecule has 0 fully saturated rings. The molecule has 6 aromatic rings. The number of rotatable bonds is 3. The summed E-state index contributed by atoms with van der Waals surface area (Å²) in [5.41, 5.74) is 7.39. The van der Waals surface area contributed by atoms with Gasteiger partial charge in [-0.3, -0.25) is 14.0 Å². The van der Waals surface area contributed by atoms with Crippen LogP contribution in [0.25, 0.3) is 44.5 Å². The van der Waals surface area contributed by atoms with Crippen molar-refractivity contribution in [2.75, 3.05) is 7.11 Å². The van der Waals surface area contributed by atoms with Crippen molar-refractivity contribution in [1.29, 1.82) is 0 Å². The van der Waals surface area contributed by atoms with Crippen molar-refractivity contribution in [2.24, 2.45) is 0 Å².